The molecule has 0 aliphatic rings. The van der Waals surface area contributed by atoms with Crippen LogP contribution in [0.25, 0.3) is 5.65 Å². The predicted molar refractivity (Wildman–Crippen MR) is 48.0 cm³/mol. The van der Waals surface area contributed by atoms with Gasteiger partial charge in [0.05, 0.1) is 18.0 Å². The summed E-state index contributed by atoms with van der Waals surface area (Å²) < 4.78 is 38.1. The molecule has 0 spiro atoms. The Hall–Kier alpha value is -1.92. The van der Waals surface area contributed by atoms with Gasteiger partial charge in [-0.05, 0) is 6.07 Å². The highest BCUT2D eigenvalue weighted by Gasteiger charge is 2.31. The number of carbonyl (C=O) groups excluding carboxylic acids is 1. The Kier molecular flexibility index (Phi) is 2.18. The average Bonchev–Trinajstić information content (AvgIpc) is 2.58. The molecule has 0 atom stereocenters. The van der Waals surface area contributed by atoms with Gasteiger partial charge in [-0.3, -0.25) is 4.79 Å². The minimum atomic E-state index is -4.46. The summed E-state index contributed by atoms with van der Waals surface area (Å²) in [6.07, 6.45) is -2.59. The Balaban J connectivity index is 2.62. The summed E-state index contributed by atoms with van der Waals surface area (Å²) in [6.45, 7) is 1.29. The third kappa shape index (κ3) is 1.64. The van der Waals surface area contributed by atoms with Gasteiger partial charge in [-0.15, -0.1) is 0 Å². The van der Waals surface area contributed by atoms with Crippen molar-refractivity contribution in [1.29, 1.82) is 0 Å². The zero-order valence-electron chi connectivity index (χ0n) is 8.12. The van der Waals surface area contributed by atoms with Gasteiger partial charge in [0.2, 0.25) is 0 Å². The first-order valence-electron chi connectivity index (χ1n) is 4.31. The molecule has 0 bridgehead atoms. The molecule has 2 aromatic heterocycles. The lowest BCUT2D eigenvalue weighted by Crippen LogP contribution is -2.08. The third-order valence-electron chi connectivity index (χ3n) is 2.05. The number of Topliss-reactive ketones (excluding diaryl/α,β-unsaturated/α-hetero) is 1. The van der Waals surface area contributed by atoms with E-state index >= 15 is 0 Å². The lowest BCUT2D eigenvalue weighted by molar-refractivity contribution is -0.137. The molecule has 84 valence electrons. The Bertz CT molecular complexity index is 559. The molecule has 0 amide bonds. The van der Waals surface area contributed by atoms with Crippen LogP contribution in [0, 0.1) is 0 Å². The molecule has 16 heavy (non-hydrogen) atoms. The summed E-state index contributed by atoms with van der Waals surface area (Å²) in [7, 11) is 0. The highest BCUT2D eigenvalue weighted by Crippen LogP contribution is 2.29. The second kappa shape index (κ2) is 3.29. The standard InChI is InChI=1S/C9H6F3N3O/c1-5(16)7-4-13-8-2-6(9(10,11)12)3-14-15(7)8/h2-4H,1H3. The van der Waals surface area contributed by atoms with Gasteiger partial charge in [-0.1, -0.05) is 0 Å². The van der Waals surface area contributed by atoms with Crippen LogP contribution in [0.3, 0.4) is 0 Å². The van der Waals surface area contributed by atoms with Crippen molar-refractivity contribution in [2.75, 3.05) is 0 Å². The molecule has 2 heterocycles. The molecule has 0 N–H and O–H groups in total. The van der Waals surface area contributed by atoms with Crippen LogP contribution in [0.2, 0.25) is 0 Å². The number of imidazole rings is 1. The van der Waals surface area contributed by atoms with E-state index in [2.05, 4.69) is 10.1 Å². The van der Waals surface area contributed by atoms with Crippen molar-refractivity contribution in [3.63, 3.8) is 0 Å². The summed E-state index contributed by atoms with van der Waals surface area (Å²) in [5, 5.41) is 3.54. The summed E-state index contributed by atoms with van der Waals surface area (Å²) >= 11 is 0. The second-order valence-electron chi connectivity index (χ2n) is 3.21. The number of aromatic nitrogens is 3. The van der Waals surface area contributed by atoms with Crippen molar-refractivity contribution in [3.05, 3.63) is 29.7 Å². The lowest BCUT2D eigenvalue weighted by atomic mass is 10.3. The maximum Gasteiger partial charge on any atom is 0.418 e. The van der Waals surface area contributed by atoms with Crippen molar-refractivity contribution in [2.24, 2.45) is 0 Å². The van der Waals surface area contributed by atoms with Gasteiger partial charge in [0.15, 0.2) is 11.4 Å². The molecule has 0 unspecified atom stereocenters. The maximum atomic E-state index is 12.3. The molecule has 0 saturated heterocycles. The molecule has 0 saturated carbocycles. The molecule has 0 radical (unpaired) electrons. The van der Waals surface area contributed by atoms with Gasteiger partial charge in [-0.2, -0.15) is 18.3 Å². The number of nitrogens with zero attached hydrogens (tertiary/aromatic N) is 3. The Morgan fingerprint density at radius 3 is 2.62 bits per heavy atom. The van der Waals surface area contributed by atoms with Crippen LogP contribution >= 0.6 is 0 Å². The fourth-order valence-corrected chi connectivity index (χ4v) is 1.27. The van der Waals surface area contributed by atoms with E-state index < -0.39 is 11.7 Å². The van der Waals surface area contributed by atoms with Crippen LogP contribution in [-0.4, -0.2) is 20.4 Å². The first kappa shape index (κ1) is 10.6. The fourth-order valence-electron chi connectivity index (χ4n) is 1.27. The average molecular weight is 229 g/mol. The zero-order valence-corrected chi connectivity index (χ0v) is 8.12. The maximum absolute atomic E-state index is 12.3. The number of alkyl halides is 3. The summed E-state index contributed by atoms with van der Waals surface area (Å²) in [5.41, 5.74) is -0.732. The molecule has 0 fully saturated rings. The molecular weight excluding hydrogens is 223 g/mol. The number of hydrogen-bond donors (Lipinski definition) is 0. The smallest absolute Gasteiger partial charge is 0.293 e. The van der Waals surface area contributed by atoms with Crippen LogP contribution in [0.15, 0.2) is 18.5 Å². The number of carbonyl (C=O) groups is 1. The third-order valence-corrected chi connectivity index (χ3v) is 2.05. The number of rotatable bonds is 1. The molecule has 0 aliphatic carbocycles. The van der Waals surface area contributed by atoms with Gasteiger partial charge < -0.3 is 0 Å². The van der Waals surface area contributed by atoms with E-state index in [1.165, 1.54) is 13.1 Å². The SMILES string of the molecule is CC(=O)c1cnc2cc(C(F)(F)F)cnn12. The van der Waals surface area contributed by atoms with Gasteiger partial charge in [0.25, 0.3) is 0 Å². The summed E-state index contributed by atoms with van der Waals surface area (Å²) in [4.78, 5) is 14.8. The molecule has 4 nitrogen and oxygen atoms in total. The topological polar surface area (TPSA) is 47.3 Å². The second-order valence-corrected chi connectivity index (χ2v) is 3.21. The molecule has 2 rings (SSSR count). The van der Waals surface area contributed by atoms with Crippen LogP contribution in [0.5, 0.6) is 0 Å². The lowest BCUT2D eigenvalue weighted by Gasteiger charge is -2.05. The molecule has 2 aromatic rings. The summed E-state index contributed by atoms with van der Waals surface area (Å²) in [5.74, 6) is -0.306. The van der Waals surface area contributed by atoms with Crippen molar-refractivity contribution in [1.82, 2.24) is 14.6 Å². The molecular formula is C9H6F3N3O. The predicted octanol–water partition coefficient (Wildman–Crippen LogP) is 1.95. The van der Waals surface area contributed by atoms with Crippen molar-refractivity contribution < 1.29 is 18.0 Å². The van der Waals surface area contributed by atoms with E-state index in [9.17, 15) is 18.0 Å². The highest BCUT2D eigenvalue weighted by molar-refractivity contribution is 5.92. The Labute approximate surface area is 87.7 Å². The summed E-state index contributed by atoms with van der Waals surface area (Å²) in [6, 6.07) is 0.847. The largest absolute Gasteiger partial charge is 0.418 e. The van der Waals surface area contributed by atoms with E-state index in [1.54, 1.807) is 0 Å². The van der Waals surface area contributed by atoms with Gasteiger partial charge in [-0.25, -0.2) is 9.50 Å². The molecule has 0 aromatic carbocycles. The van der Waals surface area contributed by atoms with Crippen molar-refractivity contribution in [3.8, 4) is 0 Å². The number of fused-ring (bicyclic) bond motifs is 1. The van der Waals surface area contributed by atoms with Crippen LogP contribution in [0.4, 0.5) is 13.2 Å². The highest BCUT2D eigenvalue weighted by atomic mass is 19.4. The molecule has 0 aliphatic heterocycles. The van der Waals surface area contributed by atoms with E-state index in [1.807, 2.05) is 0 Å². The van der Waals surface area contributed by atoms with E-state index in [4.69, 9.17) is 0 Å². The zero-order chi connectivity index (χ0) is 11.9. The normalized spacial score (nSPS) is 12.0. The Morgan fingerprint density at radius 2 is 2.06 bits per heavy atom. The quantitative estimate of drug-likeness (QED) is 0.702. The van der Waals surface area contributed by atoms with E-state index in [-0.39, 0.29) is 17.1 Å². The van der Waals surface area contributed by atoms with E-state index in [0.717, 1.165) is 10.6 Å². The monoisotopic (exact) mass is 229 g/mol. The molecule has 7 heteroatoms. The minimum Gasteiger partial charge on any atom is -0.293 e. The Morgan fingerprint density at radius 1 is 1.38 bits per heavy atom. The number of halogens is 3. The van der Waals surface area contributed by atoms with Crippen molar-refractivity contribution >= 4 is 11.4 Å². The van der Waals surface area contributed by atoms with Gasteiger partial charge in [0, 0.05) is 6.92 Å². The number of ketones is 1. The first-order chi connectivity index (χ1) is 7.39. The van der Waals surface area contributed by atoms with Gasteiger partial charge >= 0.3 is 6.18 Å². The van der Waals surface area contributed by atoms with Crippen LogP contribution < -0.4 is 0 Å². The number of hydrogen-bond acceptors (Lipinski definition) is 3. The van der Waals surface area contributed by atoms with Crippen molar-refractivity contribution in [2.45, 2.75) is 13.1 Å². The van der Waals surface area contributed by atoms with E-state index in [0.29, 0.717) is 6.20 Å². The fraction of sp³-hybridized carbons (Fsp3) is 0.222. The minimum absolute atomic E-state index is 0.0000231. The van der Waals surface area contributed by atoms with Crippen LogP contribution in [0.1, 0.15) is 23.0 Å². The van der Waals surface area contributed by atoms with Gasteiger partial charge in [0.1, 0.15) is 5.69 Å². The van der Waals surface area contributed by atoms with Crippen LogP contribution in [-0.2, 0) is 6.18 Å². The first-order valence-corrected chi connectivity index (χ1v) is 4.31.